The summed E-state index contributed by atoms with van der Waals surface area (Å²) in [7, 11) is 1.46. The summed E-state index contributed by atoms with van der Waals surface area (Å²) in [6.45, 7) is -0.413. The number of amides is 3. The maximum absolute atomic E-state index is 13.0. The first-order valence-corrected chi connectivity index (χ1v) is 10.7. The average molecular weight is 519 g/mol. The van der Waals surface area contributed by atoms with Crippen LogP contribution in [0, 0.1) is 18.2 Å². The second kappa shape index (κ2) is 10.3. The van der Waals surface area contributed by atoms with E-state index < -0.39 is 29.4 Å². The third-order valence-electron chi connectivity index (χ3n) is 4.18. The Morgan fingerprint density at radius 1 is 1.28 bits per heavy atom. The first kappa shape index (κ1) is 23.4. The van der Waals surface area contributed by atoms with Crippen molar-refractivity contribution in [1.82, 2.24) is 4.90 Å². The van der Waals surface area contributed by atoms with Crippen LogP contribution in [-0.2, 0) is 9.59 Å². The van der Waals surface area contributed by atoms with Gasteiger partial charge in [0.05, 0.1) is 12.0 Å². The van der Waals surface area contributed by atoms with Crippen LogP contribution in [0.1, 0.15) is 5.56 Å². The second-order valence-electron chi connectivity index (χ2n) is 6.34. The molecule has 32 heavy (non-hydrogen) atoms. The topological polar surface area (TPSA) is 84.9 Å². The Kier molecular flexibility index (Phi) is 7.56. The lowest BCUT2D eigenvalue weighted by Gasteiger charge is -2.13. The van der Waals surface area contributed by atoms with Gasteiger partial charge in [0, 0.05) is 10.2 Å². The van der Waals surface area contributed by atoms with Crippen molar-refractivity contribution < 1.29 is 28.2 Å². The number of rotatable bonds is 7. The van der Waals surface area contributed by atoms with Crippen LogP contribution in [-0.4, -0.2) is 42.2 Å². The van der Waals surface area contributed by atoms with Crippen LogP contribution < -0.4 is 14.8 Å². The van der Waals surface area contributed by atoms with E-state index in [1.165, 1.54) is 37.5 Å². The zero-order chi connectivity index (χ0) is 23.3. The summed E-state index contributed by atoms with van der Waals surface area (Å²) >= 11 is 4.12. The van der Waals surface area contributed by atoms with Crippen LogP contribution >= 0.6 is 27.7 Å². The third kappa shape index (κ3) is 5.49. The highest BCUT2D eigenvalue weighted by atomic mass is 79.9. The van der Waals surface area contributed by atoms with Crippen LogP contribution in [0.5, 0.6) is 11.5 Å². The minimum absolute atomic E-state index is 0.0566. The van der Waals surface area contributed by atoms with E-state index in [1.54, 1.807) is 12.1 Å². The van der Waals surface area contributed by atoms with Crippen molar-refractivity contribution in [1.29, 1.82) is 0 Å². The molecule has 1 saturated heterocycles. The summed E-state index contributed by atoms with van der Waals surface area (Å²) in [4.78, 5) is 38.3. The molecule has 1 N–H and O–H groups in total. The number of ether oxygens (including phenoxy) is 2. The lowest BCUT2D eigenvalue weighted by atomic mass is 10.2. The molecule has 3 amide bonds. The predicted molar refractivity (Wildman–Crippen MR) is 123 cm³/mol. The molecule has 164 valence electrons. The highest BCUT2D eigenvalue weighted by molar-refractivity contribution is 9.10. The number of carbonyl (C=O) groups excluding carboxylic acids is 3. The SMILES string of the molecule is C#CCOc1cc(Br)c(/C=C2\SC(=O)N(CC(=O)Nc3ccc(F)cc3)C2=O)cc1OC. The van der Waals surface area contributed by atoms with Gasteiger partial charge in [-0.3, -0.25) is 19.3 Å². The highest BCUT2D eigenvalue weighted by Crippen LogP contribution is 2.38. The number of methoxy groups -OCH3 is 1. The quantitative estimate of drug-likeness (QED) is 0.434. The van der Waals surface area contributed by atoms with Crippen molar-refractivity contribution in [2.24, 2.45) is 0 Å². The molecule has 3 rings (SSSR count). The first-order chi connectivity index (χ1) is 15.3. The van der Waals surface area contributed by atoms with Crippen LogP contribution in [0.25, 0.3) is 6.08 Å². The molecular weight excluding hydrogens is 503 g/mol. The molecule has 0 unspecified atom stereocenters. The molecule has 0 aliphatic carbocycles. The minimum atomic E-state index is -0.604. The number of anilines is 1. The van der Waals surface area contributed by atoms with Gasteiger partial charge in [-0.1, -0.05) is 21.9 Å². The number of benzene rings is 2. The Labute approximate surface area is 196 Å². The van der Waals surface area contributed by atoms with E-state index in [2.05, 4.69) is 27.2 Å². The standard InChI is InChI=1S/C22H16BrFN2O5S/c1-3-8-31-18-11-16(23)13(9-17(18)30-2)10-19-21(28)26(22(29)32-19)12-20(27)25-15-6-4-14(24)5-7-15/h1,4-7,9-11H,8,12H2,2H3,(H,25,27)/b19-10-. The molecule has 0 aromatic heterocycles. The minimum Gasteiger partial charge on any atom is -0.493 e. The monoisotopic (exact) mass is 518 g/mol. The number of thioether (sulfide) groups is 1. The van der Waals surface area contributed by atoms with E-state index in [0.717, 1.165) is 4.90 Å². The molecule has 0 bridgehead atoms. The molecular formula is C22H16BrFN2O5S. The summed E-state index contributed by atoms with van der Waals surface area (Å²) in [5.74, 6) is 1.54. The third-order valence-corrected chi connectivity index (χ3v) is 5.78. The van der Waals surface area contributed by atoms with Gasteiger partial charge >= 0.3 is 0 Å². The summed E-state index contributed by atoms with van der Waals surface area (Å²) in [6, 6.07) is 8.40. The maximum Gasteiger partial charge on any atom is 0.294 e. The fraction of sp³-hybridized carbons (Fsp3) is 0.136. The van der Waals surface area contributed by atoms with Crippen molar-refractivity contribution in [3.8, 4) is 23.8 Å². The van der Waals surface area contributed by atoms with Gasteiger partial charge in [-0.05, 0) is 59.8 Å². The van der Waals surface area contributed by atoms with Gasteiger partial charge in [0.15, 0.2) is 11.5 Å². The van der Waals surface area contributed by atoms with Gasteiger partial charge in [0.25, 0.3) is 11.1 Å². The molecule has 0 saturated carbocycles. The van der Waals surface area contributed by atoms with Crippen molar-refractivity contribution >= 4 is 56.5 Å². The molecule has 1 heterocycles. The molecule has 0 atom stereocenters. The van der Waals surface area contributed by atoms with Crippen molar-refractivity contribution in [3.05, 3.63) is 57.2 Å². The fourth-order valence-electron chi connectivity index (χ4n) is 2.71. The van der Waals surface area contributed by atoms with Crippen molar-refractivity contribution in [2.45, 2.75) is 0 Å². The number of nitrogens with one attached hydrogen (secondary N) is 1. The Morgan fingerprint density at radius 2 is 2.00 bits per heavy atom. The van der Waals surface area contributed by atoms with Gasteiger partial charge in [-0.25, -0.2) is 4.39 Å². The van der Waals surface area contributed by atoms with Crippen LogP contribution in [0.15, 0.2) is 45.8 Å². The zero-order valence-corrected chi connectivity index (χ0v) is 19.1. The van der Waals surface area contributed by atoms with E-state index in [1.807, 2.05) is 0 Å². The van der Waals surface area contributed by atoms with Gasteiger partial charge in [-0.15, -0.1) is 6.42 Å². The van der Waals surface area contributed by atoms with Crippen LogP contribution in [0.2, 0.25) is 0 Å². The number of carbonyl (C=O) groups is 3. The smallest absolute Gasteiger partial charge is 0.294 e. The number of halogens is 2. The Bertz CT molecular complexity index is 1140. The van der Waals surface area contributed by atoms with Gasteiger partial charge in [0.2, 0.25) is 5.91 Å². The average Bonchev–Trinajstić information content (AvgIpc) is 3.02. The Morgan fingerprint density at radius 3 is 2.66 bits per heavy atom. The second-order valence-corrected chi connectivity index (χ2v) is 8.19. The van der Waals surface area contributed by atoms with Gasteiger partial charge in [-0.2, -0.15) is 0 Å². The number of terminal acetylenes is 1. The van der Waals surface area contributed by atoms with E-state index in [-0.39, 0.29) is 11.5 Å². The van der Waals surface area contributed by atoms with E-state index in [4.69, 9.17) is 15.9 Å². The maximum atomic E-state index is 13.0. The highest BCUT2D eigenvalue weighted by Gasteiger charge is 2.36. The molecule has 1 fully saturated rings. The van der Waals surface area contributed by atoms with Crippen molar-refractivity contribution in [2.75, 3.05) is 25.6 Å². The van der Waals surface area contributed by atoms with Gasteiger partial charge < -0.3 is 14.8 Å². The lowest BCUT2D eigenvalue weighted by molar-refractivity contribution is -0.127. The molecule has 0 spiro atoms. The van der Waals surface area contributed by atoms with E-state index >= 15 is 0 Å². The largest absolute Gasteiger partial charge is 0.493 e. The summed E-state index contributed by atoms with van der Waals surface area (Å²) < 4.78 is 24.3. The molecule has 7 nitrogen and oxygen atoms in total. The molecule has 10 heteroatoms. The number of hydrogen-bond donors (Lipinski definition) is 1. The normalized spacial score (nSPS) is 14.4. The number of nitrogens with zero attached hydrogens (tertiary/aromatic N) is 1. The van der Waals surface area contributed by atoms with Crippen molar-refractivity contribution in [3.63, 3.8) is 0 Å². The molecule has 2 aromatic carbocycles. The number of imide groups is 1. The van der Waals surface area contributed by atoms with Gasteiger partial charge in [0.1, 0.15) is 19.0 Å². The molecule has 1 aliphatic heterocycles. The predicted octanol–water partition coefficient (Wildman–Crippen LogP) is 4.28. The summed E-state index contributed by atoms with van der Waals surface area (Å²) in [6.07, 6.45) is 6.73. The molecule has 1 aliphatic rings. The fourth-order valence-corrected chi connectivity index (χ4v) is 3.97. The first-order valence-electron chi connectivity index (χ1n) is 9.07. The molecule has 2 aromatic rings. The molecule has 0 radical (unpaired) electrons. The Balaban J connectivity index is 1.75. The van der Waals surface area contributed by atoms with Crippen LogP contribution in [0.4, 0.5) is 14.9 Å². The van der Waals surface area contributed by atoms with E-state index in [9.17, 15) is 18.8 Å². The summed E-state index contributed by atoms with van der Waals surface area (Å²) in [5, 5.41) is 1.94. The number of hydrogen-bond acceptors (Lipinski definition) is 6. The van der Waals surface area contributed by atoms with Crippen LogP contribution in [0.3, 0.4) is 0 Å². The Hall–Kier alpha value is -3.29. The lowest BCUT2D eigenvalue weighted by Crippen LogP contribution is -2.36. The summed E-state index contributed by atoms with van der Waals surface area (Å²) in [5.41, 5.74) is 0.915. The zero-order valence-electron chi connectivity index (χ0n) is 16.7. The van der Waals surface area contributed by atoms with E-state index in [0.29, 0.717) is 39.0 Å².